The van der Waals surface area contributed by atoms with Crippen LogP contribution in [0.25, 0.3) is 32.3 Å². The second-order valence-corrected chi connectivity index (χ2v) is 4.51. The molecule has 0 heterocycles. The van der Waals surface area contributed by atoms with E-state index in [0.717, 1.165) is 10.9 Å². The van der Waals surface area contributed by atoms with Crippen molar-refractivity contribution in [3.05, 3.63) is 60.2 Å². The summed E-state index contributed by atoms with van der Waals surface area (Å²) >= 11 is 0. The van der Waals surface area contributed by atoms with E-state index in [9.17, 15) is 5.26 Å². The summed E-state index contributed by atoms with van der Waals surface area (Å²) in [7, 11) is 0. The van der Waals surface area contributed by atoms with Gasteiger partial charge in [0.05, 0.1) is 11.6 Å². The van der Waals surface area contributed by atoms with Gasteiger partial charge in [-0.15, -0.1) is 0 Å². The van der Waals surface area contributed by atoms with Crippen molar-refractivity contribution >= 4 is 32.3 Å². The van der Waals surface area contributed by atoms with Gasteiger partial charge in [0.15, 0.2) is 0 Å². The molecular weight excluding hydrogens is 218 g/mol. The van der Waals surface area contributed by atoms with Crippen molar-refractivity contribution in [3.63, 3.8) is 0 Å². The van der Waals surface area contributed by atoms with Gasteiger partial charge in [-0.2, -0.15) is 5.26 Å². The van der Waals surface area contributed by atoms with E-state index < -0.39 is 0 Å². The van der Waals surface area contributed by atoms with Crippen LogP contribution < -0.4 is 0 Å². The largest absolute Gasteiger partial charge is 0.192 e. The van der Waals surface area contributed by atoms with E-state index in [1.807, 2.05) is 30.3 Å². The Morgan fingerprint density at radius 3 is 2.22 bits per heavy atom. The van der Waals surface area contributed by atoms with Crippen molar-refractivity contribution in [2.45, 2.75) is 0 Å². The summed E-state index contributed by atoms with van der Waals surface area (Å²) in [5.41, 5.74) is 0.740. The van der Waals surface area contributed by atoms with Gasteiger partial charge in [0.25, 0.3) is 0 Å². The molecule has 0 bridgehead atoms. The Bertz CT molecular complexity index is 913. The molecule has 0 unspecified atom stereocenters. The van der Waals surface area contributed by atoms with Gasteiger partial charge in [-0.3, -0.25) is 0 Å². The minimum Gasteiger partial charge on any atom is -0.192 e. The van der Waals surface area contributed by atoms with E-state index in [-0.39, 0.29) is 0 Å². The lowest BCUT2D eigenvalue weighted by Crippen LogP contribution is -1.86. The second-order valence-electron chi connectivity index (χ2n) is 4.51. The molecule has 0 atom stereocenters. The van der Waals surface area contributed by atoms with E-state index in [4.69, 9.17) is 0 Å². The molecular formula is C17H8N. The molecule has 1 radical (unpaired) electrons. The predicted molar refractivity (Wildman–Crippen MR) is 73.7 cm³/mol. The van der Waals surface area contributed by atoms with Crippen LogP contribution in [0.5, 0.6) is 0 Å². The summed E-state index contributed by atoms with van der Waals surface area (Å²) < 4.78 is 0. The summed E-state index contributed by atoms with van der Waals surface area (Å²) in [4.78, 5) is 0. The molecule has 0 N–H and O–H groups in total. The van der Waals surface area contributed by atoms with Crippen molar-refractivity contribution in [2.75, 3.05) is 0 Å². The van der Waals surface area contributed by atoms with Gasteiger partial charge in [-0.1, -0.05) is 30.3 Å². The number of nitrogens with zero attached hydrogens (tertiary/aromatic N) is 1. The maximum atomic E-state index is 9.21. The molecule has 0 aliphatic carbocycles. The SMILES string of the molecule is N#Cc1ccc2ccc3c[c]cc4ccc1c2c34. The average Bonchev–Trinajstić information content (AvgIpc) is 2.44. The van der Waals surface area contributed by atoms with Crippen molar-refractivity contribution < 1.29 is 0 Å². The topological polar surface area (TPSA) is 23.8 Å². The quantitative estimate of drug-likeness (QED) is 0.411. The van der Waals surface area contributed by atoms with Crippen LogP contribution >= 0.6 is 0 Å². The van der Waals surface area contributed by atoms with Gasteiger partial charge >= 0.3 is 0 Å². The lowest BCUT2D eigenvalue weighted by Gasteiger charge is -2.10. The minimum absolute atomic E-state index is 0.740. The van der Waals surface area contributed by atoms with Gasteiger partial charge < -0.3 is 0 Å². The smallest absolute Gasteiger partial charge is 0.0998 e. The Morgan fingerprint density at radius 1 is 0.778 bits per heavy atom. The highest BCUT2D eigenvalue weighted by molar-refractivity contribution is 6.23. The molecule has 1 heteroatoms. The molecule has 1 nitrogen and oxygen atoms in total. The molecule has 18 heavy (non-hydrogen) atoms. The van der Waals surface area contributed by atoms with E-state index in [1.54, 1.807) is 0 Å². The number of benzene rings is 4. The monoisotopic (exact) mass is 226 g/mol. The Morgan fingerprint density at radius 2 is 1.44 bits per heavy atom. The second kappa shape index (κ2) is 3.21. The van der Waals surface area contributed by atoms with Gasteiger partial charge in [-0.05, 0) is 51.2 Å². The van der Waals surface area contributed by atoms with Crippen LogP contribution in [0.1, 0.15) is 5.56 Å². The maximum absolute atomic E-state index is 9.21. The molecule has 4 aromatic rings. The fourth-order valence-electron chi connectivity index (χ4n) is 2.76. The summed E-state index contributed by atoms with van der Waals surface area (Å²) in [6.07, 6.45) is 0. The summed E-state index contributed by atoms with van der Waals surface area (Å²) in [6, 6.07) is 21.7. The molecule has 0 aromatic heterocycles. The number of hydrogen-bond donors (Lipinski definition) is 0. The fraction of sp³-hybridized carbons (Fsp3) is 0. The molecule has 0 saturated carbocycles. The van der Waals surface area contributed by atoms with Crippen LogP contribution in [0.2, 0.25) is 0 Å². The highest BCUT2D eigenvalue weighted by Crippen LogP contribution is 2.35. The number of rotatable bonds is 0. The maximum Gasteiger partial charge on any atom is 0.0998 e. The van der Waals surface area contributed by atoms with Crippen molar-refractivity contribution in [1.29, 1.82) is 5.26 Å². The molecule has 0 aliphatic heterocycles. The van der Waals surface area contributed by atoms with Crippen LogP contribution in [-0.2, 0) is 0 Å². The first kappa shape index (κ1) is 9.44. The van der Waals surface area contributed by atoms with E-state index in [1.165, 1.54) is 26.9 Å². The Balaban J connectivity index is 2.45. The molecule has 81 valence electrons. The summed E-state index contributed by atoms with van der Waals surface area (Å²) in [5.74, 6) is 0. The summed E-state index contributed by atoms with van der Waals surface area (Å²) in [5, 5.41) is 16.2. The molecule has 0 aliphatic rings. The zero-order valence-corrected chi connectivity index (χ0v) is 9.57. The first-order valence-electron chi connectivity index (χ1n) is 5.86. The zero-order valence-electron chi connectivity index (χ0n) is 9.57. The van der Waals surface area contributed by atoms with Gasteiger partial charge in [0.2, 0.25) is 0 Å². The number of nitriles is 1. The number of hydrogen-bond acceptors (Lipinski definition) is 1. The minimum atomic E-state index is 0.740. The lowest BCUT2D eigenvalue weighted by molar-refractivity contribution is 1.51. The molecule has 4 aromatic carbocycles. The zero-order chi connectivity index (χ0) is 12.1. The first-order valence-corrected chi connectivity index (χ1v) is 5.86. The van der Waals surface area contributed by atoms with Crippen LogP contribution in [0.15, 0.2) is 48.5 Å². The lowest BCUT2D eigenvalue weighted by atomic mass is 9.92. The normalized spacial score (nSPS) is 11.3. The van der Waals surface area contributed by atoms with Crippen LogP contribution in [0, 0.1) is 17.4 Å². The van der Waals surface area contributed by atoms with E-state index >= 15 is 0 Å². The van der Waals surface area contributed by atoms with Crippen molar-refractivity contribution in [3.8, 4) is 6.07 Å². The molecule has 0 saturated heterocycles. The van der Waals surface area contributed by atoms with Crippen LogP contribution in [0.3, 0.4) is 0 Å². The van der Waals surface area contributed by atoms with Crippen LogP contribution in [-0.4, -0.2) is 0 Å². The third kappa shape index (κ3) is 1.05. The van der Waals surface area contributed by atoms with E-state index in [2.05, 4.69) is 30.3 Å². The molecule has 0 amide bonds. The Labute approximate surface area is 104 Å². The molecule has 0 fully saturated rings. The highest BCUT2D eigenvalue weighted by Gasteiger charge is 2.09. The first-order chi connectivity index (χ1) is 8.88. The molecule has 0 spiro atoms. The highest BCUT2D eigenvalue weighted by atomic mass is 14.2. The molecule has 4 rings (SSSR count). The van der Waals surface area contributed by atoms with Crippen molar-refractivity contribution in [2.24, 2.45) is 0 Å². The van der Waals surface area contributed by atoms with Crippen LogP contribution in [0.4, 0.5) is 0 Å². The van der Waals surface area contributed by atoms with Gasteiger partial charge in [-0.25, -0.2) is 0 Å². The Kier molecular flexibility index (Phi) is 1.68. The summed E-state index contributed by atoms with van der Waals surface area (Å²) in [6.45, 7) is 0. The average molecular weight is 226 g/mol. The third-order valence-electron chi connectivity index (χ3n) is 3.58. The standard InChI is InChI=1S/C17H8N/c18-10-14-7-6-13-5-4-11-2-1-3-12-8-9-15(14)17(13)16(11)12/h2-9H. The fourth-order valence-corrected chi connectivity index (χ4v) is 2.76. The Hall–Kier alpha value is -2.59. The third-order valence-corrected chi connectivity index (χ3v) is 3.58. The predicted octanol–water partition coefficient (Wildman–Crippen LogP) is 4.26. The van der Waals surface area contributed by atoms with Gasteiger partial charge in [0.1, 0.15) is 0 Å². The van der Waals surface area contributed by atoms with E-state index in [0.29, 0.717) is 0 Å². The van der Waals surface area contributed by atoms with Crippen molar-refractivity contribution in [1.82, 2.24) is 0 Å². The van der Waals surface area contributed by atoms with Gasteiger partial charge in [0, 0.05) is 5.39 Å².